The molecule has 0 aliphatic heterocycles. The minimum Gasteiger partial charge on any atom is -0.489 e. The van der Waals surface area contributed by atoms with Gasteiger partial charge in [0.25, 0.3) is 0 Å². The largest absolute Gasteiger partial charge is 0.489 e. The van der Waals surface area contributed by atoms with Gasteiger partial charge in [-0.3, -0.25) is 4.79 Å². The first-order chi connectivity index (χ1) is 13.1. The highest BCUT2D eigenvalue weighted by Gasteiger charge is 2.02. The van der Waals surface area contributed by atoms with Crippen LogP contribution in [0.3, 0.4) is 0 Å². The quantitative estimate of drug-likeness (QED) is 0.501. The van der Waals surface area contributed by atoms with Crippen LogP contribution in [0.5, 0.6) is 5.75 Å². The van der Waals surface area contributed by atoms with Crippen LogP contribution in [0.2, 0.25) is 10.0 Å². The normalized spacial score (nSPS) is 10.7. The van der Waals surface area contributed by atoms with E-state index in [4.69, 9.17) is 27.9 Å². The monoisotopic (exact) mass is 397 g/mol. The predicted molar refractivity (Wildman–Crippen MR) is 111 cm³/mol. The molecule has 0 heterocycles. The van der Waals surface area contributed by atoms with E-state index in [1.165, 1.54) is 6.08 Å². The fourth-order valence-electron chi connectivity index (χ4n) is 2.33. The molecule has 3 nitrogen and oxygen atoms in total. The van der Waals surface area contributed by atoms with Crippen molar-refractivity contribution in [3.05, 3.63) is 100 Å². The summed E-state index contributed by atoms with van der Waals surface area (Å²) in [6.07, 6.45) is 3.20. The number of halogens is 2. The third-order valence-electron chi connectivity index (χ3n) is 3.76. The number of benzene rings is 3. The number of amides is 1. The van der Waals surface area contributed by atoms with Gasteiger partial charge in [-0.1, -0.05) is 59.6 Å². The van der Waals surface area contributed by atoms with E-state index in [9.17, 15) is 4.79 Å². The zero-order chi connectivity index (χ0) is 19.1. The summed E-state index contributed by atoms with van der Waals surface area (Å²) in [7, 11) is 0. The summed E-state index contributed by atoms with van der Waals surface area (Å²) in [4.78, 5) is 12.0. The van der Waals surface area contributed by atoms with Gasteiger partial charge in [-0.25, -0.2) is 0 Å². The summed E-state index contributed by atoms with van der Waals surface area (Å²) in [5.74, 6) is 0.508. The first kappa shape index (κ1) is 19.0. The van der Waals surface area contributed by atoms with Crippen molar-refractivity contribution >= 4 is 40.9 Å². The molecule has 3 aromatic rings. The number of carbonyl (C=O) groups is 1. The summed E-state index contributed by atoms with van der Waals surface area (Å²) >= 11 is 11.9. The van der Waals surface area contributed by atoms with Crippen LogP contribution in [-0.2, 0) is 11.4 Å². The van der Waals surface area contributed by atoms with Crippen molar-refractivity contribution in [2.45, 2.75) is 6.61 Å². The van der Waals surface area contributed by atoms with Crippen molar-refractivity contribution < 1.29 is 9.53 Å². The molecule has 3 aromatic carbocycles. The van der Waals surface area contributed by atoms with Gasteiger partial charge in [0, 0.05) is 11.1 Å². The van der Waals surface area contributed by atoms with Crippen LogP contribution in [0, 0.1) is 0 Å². The number of nitrogens with one attached hydrogen (secondary N) is 1. The molecule has 3 rings (SSSR count). The topological polar surface area (TPSA) is 38.3 Å². The van der Waals surface area contributed by atoms with Crippen molar-refractivity contribution in [1.82, 2.24) is 0 Å². The molecular weight excluding hydrogens is 381 g/mol. The minimum atomic E-state index is -0.244. The molecular formula is C22H17Cl2NO2. The van der Waals surface area contributed by atoms with Crippen LogP contribution in [0.15, 0.2) is 78.9 Å². The van der Waals surface area contributed by atoms with Gasteiger partial charge in [0.15, 0.2) is 0 Å². The second kappa shape index (κ2) is 9.26. The van der Waals surface area contributed by atoms with Crippen LogP contribution in [0.1, 0.15) is 11.1 Å². The summed E-state index contributed by atoms with van der Waals surface area (Å²) in [5.41, 5.74) is 2.52. The Hall–Kier alpha value is -2.75. The molecule has 1 N–H and O–H groups in total. The number of carbonyl (C=O) groups excluding carboxylic acids is 1. The highest BCUT2D eigenvalue weighted by Crippen LogP contribution is 2.20. The molecule has 0 atom stereocenters. The molecule has 0 aliphatic carbocycles. The van der Waals surface area contributed by atoms with E-state index in [0.29, 0.717) is 22.3 Å². The van der Waals surface area contributed by atoms with Gasteiger partial charge in [0.1, 0.15) is 12.4 Å². The van der Waals surface area contributed by atoms with Gasteiger partial charge in [-0.2, -0.15) is 0 Å². The maximum absolute atomic E-state index is 12.0. The van der Waals surface area contributed by atoms with E-state index in [2.05, 4.69) is 5.32 Å². The number of hydrogen-bond donors (Lipinski definition) is 1. The lowest BCUT2D eigenvalue weighted by Crippen LogP contribution is -2.07. The number of para-hydroxylation sites is 1. The average Bonchev–Trinajstić information content (AvgIpc) is 2.68. The van der Waals surface area contributed by atoms with Crippen molar-refractivity contribution in [1.29, 1.82) is 0 Å². The van der Waals surface area contributed by atoms with Crippen LogP contribution in [0.4, 0.5) is 5.69 Å². The van der Waals surface area contributed by atoms with Gasteiger partial charge >= 0.3 is 0 Å². The Morgan fingerprint density at radius 2 is 1.63 bits per heavy atom. The molecule has 0 aliphatic rings. The Morgan fingerprint density at radius 1 is 0.926 bits per heavy atom. The van der Waals surface area contributed by atoms with Crippen molar-refractivity contribution in [3.63, 3.8) is 0 Å². The molecule has 0 unspecified atom stereocenters. The van der Waals surface area contributed by atoms with Gasteiger partial charge in [0.05, 0.1) is 10.7 Å². The van der Waals surface area contributed by atoms with E-state index in [0.717, 1.165) is 16.9 Å². The summed E-state index contributed by atoms with van der Waals surface area (Å²) in [5, 5.41) is 3.95. The summed E-state index contributed by atoms with van der Waals surface area (Å²) in [6, 6.07) is 22.1. The highest BCUT2D eigenvalue weighted by atomic mass is 35.5. The first-order valence-electron chi connectivity index (χ1n) is 8.31. The van der Waals surface area contributed by atoms with Gasteiger partial charge in [-0.05, 0) is 53.6 Å². The zero-order valence-corrected chi connectivity index (χ0v) is 15.9. The smallest absolute Gasteiger partial charge is 0.248 e. The molecule has 27 heavy (non-hydrogen) atoms. The standard InChI is InChI=1S/C22H17Cl2NO2/c23-18-10-5-17(6-11-18)15-27-19-12-7-16(8-13-19)9-14-22(26)25-21-4-2-1-3-20(21)24/h1-14H,15H2,(H,25,26)/b14-9+. The molecule has 0 saturated carbocycles. The van der Waals surface area contributed by atoms with Gasteiger partial charge in [-0.15, -0.1) is 0 Å². The molecule has 0 spiro atoms. The maximum Gasteiger partial charge on any atom is 0.248 e. The van der Waals surface area contributed by atoms with Crippen molar-refractivity contribution in [2.75, 3.05) is 5.32 Å². The molecule has 0 aromatic heterocycles. The number of rotatable bonds is 6. The number of anilines is 1. The SMILES string of the molecule is O=C(/C=C/c1ccc(OCc2ccc(Cl)cc2)cc1)Nc1ccccc1Cl. The predicted octanol–water partition coefficient (Wildman–Crippen LogP) is 6.22. The second-order valence-corrected chi connectivity index (χ2v) is 6.63. The molecule has 0 bridgehead atoms. The number of ether oxygens (including phenoxy) is 1. The highest BCUT2D eigenvalue weighted by molar-refractivity contribution is 6.33. The summed E-state index contributed by atoms with van der Waals surface area (Å²) in [6.45, 7) is 0.465. The van der Waals surface area contributed by atoms with Crippen LogP contribution >= 0.6 is 23.2 Å². The lowest BCUT2D eigenvalue weighted by Gasteiger charge is -2.07. The minimum absolute atomic E-state index is 0.244. The Morgan fingerprint density at radius 3 is 2.33 bits per heavy atom. The van der Waals surface area contributed by atoms with E-state index < -0.39 is 0 Å². The first-order valence-corrected chi connectivity index (χ1v) is 9.07. The zero-order valence-electron chi connectivity index (χ0n) is 14.4. The molecule has 136 valence electrons. The van der Waals surface area contributed by atoms with Crippen LogP contribution in [-0.4, -0.2) is 5.91 Å². The van der Waals surface area contributed by atoms with Crippen LogP contribution < -0.4 is 10.1 Å². The molecule has 0 radical (unpaired) electrons. The average molecular weight is 398 g/mol. The summed E-state index contributed by atoms with van der Waals surface area (Å²) < 4.78 is 5.74. The fraction of sp³-hybridized carbons (Fsp3) is 0.0455. The van der Waals surface area contributed by atoms with Crippen molar-refractivity contribution in [2.24, 2.45) is 0 Å². The van der Waals surface area contributed by atoms with Crippen molar-refractivity contribution in [3.8, 4) is 5.75 Å². The third-order valence-corrected chi connectivity index (χ3v) is 4.34. The lowest BCUT2D eigenvalue weighted by molar-refractivity contribution is -0.111. The van der Waals surface area contributed by atoms with E-state index in [1.807, 2.05) is 60.7 Å². The lowest BCUT2D eigenvalue weighted by atomic mass is 10.2. The molecule has 5 heteroatoms. The Bertz CT molecular complexity index is 935. The Balaban J connectivity index is 1.53. The Labute approximate surface area is 168 Å². The Kier molecular flexibility index (Phi) is 6.53. The van der Waals surface area contributed by atoms with Gasteiger partial charge < -0.3 is 10.1 Å². The van der Waals surface area contributed by atoms with Gasteiger partial charge in [0.2, 0.25) is 5.91 Å². The third kappa shape index (κ3) is 5.88. The molecule has 0 saturated heterocycles. The second-order valence-electron chi connectivity index (χ2n) is 5.79. The number of hydrogen-bond acceptors (Lipinski definition) is 2. The molecule has 0 fully saturated rings. The van der Waals surface area contributed by atoms with E-state index >= 15 is 0 Å². The maximum atomic E-state index is 12.0. The van der Waals surface area contributed by atoms with Crippen LogP contribution in [0.25, 0.3) is 6.08 Å². The molecule has 1 amide bonds. The fourth-order valence-corrected chi connectivity index (χ4v) is 2.64. The van der Waals surface area contributed by atoms with E-state index in [1.54, 1.807) is 18.2 Å². The van der Waals surface area contributed by atoms with E-state index in [-0.39, 0.29) is 5.91 Å².